The molecule has 0 aliphatic rings. The molecule has 0 aliphatic heterocycles. The minimum atomic E-state index is -1.15. The molecule has 214 valence electrons. The van der Waals surface area contributed by atoms with E-state index in [1.165, 1.54) is 23.9 Å². The fourth-order valence-corrected chi connectivity index (χ4v) is 4.23. The molecule has 0 saturated carbocycles. The van der Waals surface area contributed by atoms with E-state index in [1.54, 1.807) is 12.1 Å². The zero-order valence-corrected chi connectivity index (χ0v) is 23.3. The Morgan fingerprint density at radius 3 is 1.97 bits per heavy atom. The summed E-state index contributed by atoms with van der Waals surface area (Å²) in [6.45, 7) is 4.13. The SMILES string of the molecule is CSCCC(NC(=O)C(N)Cc1ccc(O)cc1)C(=O)NC(CCCCN)C(=O)NC(CC(C)C)C(=O)O. The number of thioether (sulfide) groups is 1. The second-order valence-electron chi connectivity index (χ2n) is 9.69. The monoisotopic (exact) mass is 553 g/mol. The van der Waals surface area contributed by atoms with Crippen LogP contribution in [0.5, 0.6) is 5.75 Å². The Hall–Kier alpha value is -2.83. The van der Waals surface area contributed by atoms with Crippen LogP contribution in [0.25, 0.3) is 0 Å². The first-order valence-electron chi connectivity index (χ1n) is 12.8. The van der Waals surface area contributed by atoms with Crippen molar-refractivity contribution >= 4 is 35.5 Å². The van der Waals surface area contributed by atoms with Crippen molar-refractivity contribution < 1.29 is 29.4 Å². The maximum absolute atomic E-state index is 13.2. The molecule has 0 saturated heterocycles. The summed E-state index contributed by atoms with van der Waals surface area (Å²) in [6, 6.07) is 2.39. The Labute approximate surface area is 228 Å². The molecule has 12 heteroatoms. The van der Waals surface area contributed by atoms with Gasteiger partial charge in [-0.05, 0) is 80.7 Å². The highest BCUT2D eigenvalue weighted by Gasteiger charge is 2.30. The quantitative estimate of drug-likeness (QED) is 0.128. The van der Waals surface area contributed by atoms with E-state index in [4.69, 9.17) is 11.5 Å². The van der Waals surface area contributed by atoms with Crippen molar-refractivity contribution in [3.05, 3.63) is 29.8 Å². The number of nitrogens with two attached hydrogens (primary N) is 2. The number of amides is 3. The number of carbonyl (C=O) groups is 4. The van der Waals surface area contributed by atoms with Crippen molar-refractivity contribution in [2.45, 2.75) is 76.5 Å². The minimum absolute atomic E-state index is 0.0404. The van der Waals surface area contributed by atoms with Gasteiger partial charge in [-0.25, -0.2) is 4.79 Å². The van der Waals surface area contributed by atoms with Gasteiger partial charge in [0.15, 0.2) is 0 Å². The molecule has 1 aromatic carbocycles. The van der Waals surface area contributed by atoms with Gasteiger partial charge < -0.3 is 37.6 Å². The predicted octanol–water partition coefficient (Wildman–Crippen LogP) is 0.729. The number of carboxylic acid groups (broad SMARTS) is 1. The number of hydrogen-bond donors (Lipinski definition) is 7. The van der Waals surface area contributed by atoms with E-state index >= 15 is 0 Å². The van der Waals surface area contributed by atoms with Gasteiger partial charge in [-0.1, -0.05) is 26.0 Å². The molecule has 4 unspecified atom stereocenters. The number of benzene rings is 1. The number of hydrogen-bond acceptors (Lipinski definition) is 8. The van der Waals surface area contributed by atoms with Crippen LogP contribution in [0.1, 0.15) is 51.5 Å². The normalized spacial score (nSPS) is 14.3. The predicted molar refractivity (Wildman–Crippen MR) is 149 cm³/mol. The van der Waals surface area contributed by atoms with Gasteiger partial charge in [0.25, 0.3) is 0 Å². The molecule has 0 fully saturated rings. The van der Waals surface area contributed by atoms with Crippen LogP contribution in [0.3, 0.4) is 0 Å². The van der Waals surface area contributed by atoms with Crippen LogP contribution in [-0.4, -0.2) is 76.6 Å². The van der Waals surface area contributed by atoms with Crippen LogP contribution < -0.4 is 27.4 Å². The molecule has 0 bridgehead atoms. The molecule has 0 aromatic heterocycles. The fraction of sp³-hybridized carbons (Fsp3) is 0.615. The van der Waals surface area contributed by atoms with Crippen molar-refractivity contribution in [2.75, 3.05) is 18.6 Å². The zero-order chi connectivity index (χ0) is 28.7. The molecular weight excluding hydrogens is 510 g/mol. The highest BCUT2D eigenvalue weighted by molar-refractivity contribution is 7.98. The van der Waals surface area contributed by atoms with Gasteiger partial charge in [-0.3, -0.25) is 14.4 Å². The molecule has 1 rings (SSSR count). The number of aromatic hydroxyl groups is 1. The van der Waals surface area contributed by atoms with Crippen LogP contribution in [0.2, 0.25) is 0 Å². The summed E-state index contributed by atoms with van der Waals surface area (Å²) < 4.78 is 0. The van der Waals surface area contributed by atoms with Crippen molar-refractivity contribution in [3.8, 4) is 5.75 Å². The highest BCUT2D eigenvalue weighted by atomic mass is 32.2. The van der Waals surface area contributed by atoms with Gasteiger partial charge in [0.2, 0.25) is 17.7 Å². The number of aliphatic carboxylic acids is 1. The van der Waals surface area contributed by atoms with Gasteiger partial charge >= 0.3 is 5.97 Å². The van der Waals surface area contributed by atoms with Crippen molar-refractivity contribution in [1.82, 2.24) is 16.0 Å². The first-order chi connectivity index (χ1) is 18.0. The summed E-state index contributed by atoms with van der Waals surface area (Å²) in [5, 5.41) is 26.9. The van der Waals surface area contributed by atoms with E-state index in [9.17, 15) is 29.4 Å². The first kappa shape index (κ1) is 33.2. The van der Waals surface area contributed by atoms with Gasteiger partial charge in [0, 0.05) is 0 Å². The average molecular weight is 554 g/mol. The lowest BCUT2D eigenvalue weighted by molar-refractivity contribution is -0.142. The summed E-state index contributed by atoms with van der Waals surface area (Å²) in [5.74, 6) is -2.10. The van der Waals surface area contributed by atoms with Crippen LogP contribution in [0.4, 0.5) is 0 Å². The molecule has 0 aliphatic carbocycles. The molecular formula is C26H43N5O6S. The smallest absolute Gasteiger partial charge is 0.326 e. The Balaban J connectivity index is 2.95. The molecule has 38 heavy (non-hydrogen) atoms. The summed E-state index contributed by atoms with van der Waals surface area (Å²) in [4.78, 5) is 50.7. The van der Waals surface area contributed by atoms with Crippen LogP contribution in [0.15, 0.2) is 24.3 Å². The third-order valence-corrected chi connectivity index (χ3v) is 6.52. The number of phenols is 1. The molecule has 11 nitrogen and oxygen atoms in total. The number of carboxylic acids is 1. The molecule has 1 aromatic rings. The minimum Gasteiger partial charge on any atom is -0.508 e. The van der Waals surface area contributed by atoms with Crippen LogP contribution in [-0.2, 0) is 25.6 Å². The standard InChI is InChI=1S/C26H43N5O6S/c1-16(2)14-22(26(36)37)31-24(34)20(6-4-5-12-27)30-25(35)21(11-13-38-3)29-23(33)19(28)15-17-7-9-18(32)10-8-17/h7-10,16,19-22,32H,4-6,11-15,27-28H2,1-3H3,(H,29,33)(H,30,35)(H,31,34)(H,36,37). The third-order valence-electron chi connectivity index (χ3n) is 5.87. The second-order valence-corrected chi connectivity index (χ2v) is 10.7. The first-order valence-corrected chi connectivity index (χ1v) is 14.2. The molecule has 3 amide bonds. The number of rotatable bonds is 18. The summed E-state index contributed by atoms with van der Waals surface area (Å²) >= 11 is 1.50. The number of phenolic OH excluding ortho intramolecular Hbond substituents is 1. The van der Waals surface area contributed by atoms with Gasteiger partial charge in [0.05, 0.1) is 6.04 Å². The number of unbranched alkanes of at least 4 members (excludes halogenated alkanes) is 1. The Bertz CT molecular complexity index is 899. The Kier molecular flexibility index (Phi) is 15.4. The van der Waals surface area contributed by atoms with Crippen LogP contribution >= 0.6 is 11.8 Å². The lowest BCUT2D eigenvalue weighted by Crippen LogP contribution is -2.57. The molecule has 0 heterocycles. The van der Waals surface area contributed by atoms with Crippen molar-refractivity contribution in [1.29, 1.82) is 0 Å². The molecule has 0 radical (unpaired) electrons. The van der Waals surface area contributed by atoms with E-state index in [1.807, 2.05) is 20.1 Å². The molecule has 9 N–H and O–H groups in total. The lowest BCUT2D eigenvalue weighted by Gasteiger charge is -2.25. The Morgan fingerprint density at radius 2 is 1.45 bits per heavy atom. The van der Waals surface area contributed by atoms with Crippen molar-refractivity contribution in [3.63, 3.8) is 0 Å². The van der Waals surface area contributed by atoms with Crippen molar-refractivity contribution in [2.24, 2.45) is 17.4 Å². The van der Waals surface area contributed by atoms with Gasteiger partial charge in [-0.2, -0.15) is 11.8 Å². The fourth-order valence-electron chi connectivity index (χ4n) is 3.76. The highest BCUT2D eigenvalue weighted by Crippen LogP contribution is 2.12. The molecule has 0 spiro atoms. The summed E-state index contributed by atoms with van der Waals surface area (Å²) in [6.07, 6.45) is 4.09. The van der Waals surface area contributed by atoms with Gasteiger partial charge in [-0.15, -0.1) is 0 Å². The Morgan fingerprint density at radius 1 is 0.895 bits per heavy atom. The number of carbonyl (C=O) groups excluding carboxylic acids is 3. The maximum Gasteiger partial charge on any atom is 0.326 e. The summed E-state index contributed by atoms with van der Waals surface area (Å²) in [7, 11) is 0. The van der Waals surface area contributed by atoms with E-state index in [0.717, 1.165) is 5.56 Å². The maximum atomic E-state index is 13.2. The average Bonchev–Trinajstić information content (AvgIpc) is 2.86. The van der Waals surface area contributed by atoms with E-state index in [2.05, 4.69) is 16.0 Å². The molecule has 4 atom stereocenters. The van der Waals surface area contributed by atoms with Gasteiger partial charge in [0.1, 0.15) is 23.9 Å². The lowest BCUT2D eigenvalue weighted by atomic mass is 10.0. The second kappa shape index (κ2) is 17.6. The van der Waals surface area contributed by atoms with Crippen LogP contribution in [0, 0.1) is 5.92 Å². The third kappa shape index (κ3) is 12.6. The van der Waals surface area contributed by atoms with E-state index in [-0.39, 0.29) is 30.9 Å². The van der Waals surface area contributed by atoms with E-state index < -0.39 is 47.9 Å². The number of nitrogens with one attached hydrogen (secondary N) is 3. The summed E-state index contributed by atoms with van der Waals surface area (Å²) in [5.41, 5.74) is 12.4. The van der Waals surface area contributed by atoms with E-state index in [0.29, 0.717) is 31.6 Å². The zero-order valence-electron chi connectivity index (χ0n) is 22.4. The topological polar surface area (TPSA) is 197 Å². The largest absolute Gasteiger partial charge is 0.508 e.